The first-order valence-corrected chi connectivity index (χ1v) is 12.2. The van der Waals surface area contributed by atoms with E-state index in [-0.39, 0.29) is 12.1 Å². The van der Waals surface area contributed by atoms with Crippen molar-refractivity contribution in [3.63, 3.8) is 0 Å². The van der Waals surface area contributed by atoms with E-state index < -0.39 is 0 Å². The van der Waals surface area contributed by atoms with Crippen LogP contribution in [-0.2, 0) is 0 Å². The second-order valence-corrected chi connectivity index (χ2v) is 9.75. The molecule has 6 heteroatoms. The monoisotopic (exact) mass is 486 g/mol. The predicted molar refractivity (Wildman–Crippen MR) is 144 cm³/mol. The molecule has 2 atom stereocenters. The molecule has 2 unspecified atom stereocenters. The molecule has 5 rings (SSSR count). The van der Waals surface area contributed by atoms with E-state index in [1.807, 2.05) is 42.6 Å². The Balaban J connectivity index is 1.70. The van der Waals surface area contributed by atoms with E-state index in [4.69, 9.17) is 23.8 Å². The van der Waals surface area contributed by atoms with Gasteiger partial charge in [-0.2, -0.15) is 0 Å². The fourth-order valence-corrected chi connectivity index (χ4v) is 5.44. The molecule has 1 fully saturated rings. The summed E-state index contributed by atoms with van der Waals surface area (Å²) in [5.74, 6) is 0. The van der Waals surface area contributed by atoms with E-state index in [0.29, 0.717) is 10.1 Å². The second-order valence-electron chi connectivity index (χ2n) is 8.92. The quantitative estimate of drug-likeness (QED) is 0.317. The van der Waals surface area contributed by atoms with Gasteiger partial charge in [0.25, 0.3) is 0 Å². The Morgan fingerprint density at radius 2 is 1.71 bits per heavy atom. The van der Waals surface area contributed by atoms with Crippen molar-refractivity contribution in [3.05, 3.63) is 112 Å². The number of benzene rings is 2. The maximum atomic E-state index is 6.20. The van der Waals surface area contributed by atoms with E-state index in [0.717, 1.165) is 11.4 Å². The number of halogens is 1. The van der Waals surface area contributed by atoms with Crippen LogP contribution < -0.4 is 10.2 Å². The summed E-state index contributed by atoms with van der Waals surface area (Å²) < 4.78 is 2.36. The maximum absolute atomic E-state index is 6.20. The number of pyridine rings is 1. The Bertz CT molecular complexity index is 1360. The summed E-state index contributed by atoms with van der Waals surface area (Å²) >= 11 is 12.1. The fraction of sp³-hybridized carbons (Fsp3) is 0.214. The van der Waals surface area contributed by atoms with Crippen LogP contribution in [0.2, 0.25) is 5.02 Å². The largest absolute Gasteiger partial charge is 0.351 e. The average molecular weight is 487 g/mol. The lowest BCUT2D eigenvalue weighted by Gasteiger charge is -2.28. The van der Waals surface area contributed by atoms with Gasteiger partial charge < -0.3 is 14.8 Å². The second kappa shape index (κ2) is 8.90. The first-order valence-electron chi connectivity index (χ1n) is 11.4. The highest BCUT2D eigenvalue weighted by molar-refractivity contribution is 7.80. The molecule has 1 N–H and O–H groups in total. The van der Waals surface area contributed by atoms with Crippen LogP contribution in [0.3, 0.4) is 0 Å². The van der Waals surface area contributed by atoms with Crippen molar-refractivity contribution < 1.29 is 0 Å². The molecule has 2 aromatic heterocycles. The SMILES string of the molecule is Cc1ccc(C)c(-n2c(C)cc(C3C(c4ccccn4)NC(=S)N3c3ccc(Cl)cc3)c2C)c1. The van der Waals surface area contributed by atoms with Crippen molar-refractivity contribution in [2.45, 2.75) is 39.8 Å². The number of hydrogen-bond donors (Lipinski definition) is 1. The molecule has 0 radical (unpaired) electrons. The van der Waals surface area contributed by atoms with Crippen molar-refractivity contribution in [2.24, 2.45) is 0 Å². The molecular weight excluding hydrogens is 460 g/mol. The smallest absolute Gasteiger partial charge is 0.174 e. The molecule has 1 aliphatic heterocycles. The van der Waals surface area contributed by atoms with Gasteiger partial charge in [-0.1, -0.05) is 29.8 Å². The van der Waals surface area contributed by atoms with Crippen molar-refractivity contribution in [1.82, 2.24) is 14.9 Å². The Morgan fingerprint density at radius 1 is 0.941 bits per heavy atom. The molecule has 172 valence electrons. The zero-order chi connectivity index (χ0) is 24.0. The van der Waals surface area contributed by atoms with Crippen LogP contribution in [0, 0.1) is 27.7 Å². The van der Waals surface area contributed by atoms with Crippen molar-refractivity contribution in [3.8, 4) is 5.69 Å². The van der Waals surface area contributed by atoms with Crippen LogP contribution in [0.15, 0.2) is 72.9 Å². The maximum Gasteiger partial charge on any atom is 0.174 e. The third kappa shape index (κ3) is 3.89. The van der Waals surface area contributed by atoms with E-state index >= 15 is 0 Å². The highest BCUT2D eigenvalue weighted by atomic mass is 35.5. The average Bonchev–Trinajstić information content (AvgIpc) is 3.32. The summed E-state index contributed by atoms with van der Waals surface area (Å²) in [4.78, 5) is 6.87. The van der Waals surface area contributed by atoms with Gasteiger partial charge in [0.15, 0.2) is 5.11 Å². The van der Waals surface area contributed by atoms with E-state index in [1.165, 1.54) is 33.8 Å². The highest BCUT2D eigenvalue weighted by Gasteiger charge is 2.42. The minimum absolute atomic E-state index is 0.0614. The summed E-state index contributed by atoms with van der Waals surface area (Å²) in [5, 5.41) is 4.93. The minimum Gasteiger partial charge on any atom is -0.351 e. The standard InChI is InChI=1S/C28H27ClN4S/c1-17-8-9-18(2)25(15-17)32-19(3)16-23(20(32)4)27-26(24-7-5-6-14-30-24)31-28(34)33(27)22-12-10-21(29)11-13-22/h5-16,26-27H,1-4H3,(H,31,34). The number of nitrogens with one attached hydrogen (secondary N) is 1. The van der Waals surface area contributed by atoms with Crippen LogP contribution in [0.25, 0.3) is 5.69 Å². The van der Waals surface area contributed by atoms with Crippen molar-refractivity contribution in [2.75, 3.05) is 4.90 Å². The van der Waals surface area contributed by atoms with Crippen LogP contribution in [-0.4, -0.2) is 14.7 Å². The normalized spacial score (nSPS) is 17.8. The Kier molecular flexibility index (Phi) is 5.92. The van der Waals surface area contributed by atoms with Gasteiger partial charge in [0.2, 0.25) is 0 Å². The van der Waals surface area contributed by atoms with Crippen LogP contribution in [0.4, 0.5) is 5.69 Å². The number of aromatic nitrogens is 2. The first kappa shape index (κ1) is 22.6. The summed E-state index contributed by atoms with van der Waals surface area (Å²) in [6, 6.07) is 22.6. The molecule has 0 amide bonds. The van der Waals surface area contributed by atoms with E-state index in [1.54, 1.807) is 0 Å². The van der Waals surface area contributed by atoms with E-state index in [2.05, 4.69) is 77.8 Å². The molecule has 0 saturated carbocycles. The number of nitrogens with zero attached hydrogens (tertiary/aromatic N) is 3. The fourth-order valence-electron chi connectivity index (χ4n) is 4.97. The Labute approximate surface area is 211 Å². The Hall–Kier alpha value is -3.15. The van der Waals surface area contributed by atoms with Gasteiger partial charge in [-0.05, 0) is 105 Å². The predicted octanol–water partition coefficient (Wildman–Crippen LogP) is 6.94. The molecule has 4 nitrogen and oxygen atoms in total. The Morgan fingerprint density at radius 3 is 2.41 bits per heavy atom. The zero-order valence-electron chi connectivity index (χ0n) is 19.7. The third-order valence-corrected chi connectivity index (χ3v) is 7.16. The number of thiocarbonyl (C=S) groups is 1. The molecule has 34 heavy (non-hydrogen) atoms. The molecule has 1 aliphatic rings. The molecule has 0 aliphatic carbocycles. The molecule has 2 aromatic carbocycles. The zero-order valence-corrected chi connectivity index (χ0v) is 21.3. The molecule has 1 saturated heterocycles. The van der Waals surface area contributed by atoms with Gasteiger partial charge >= 0.3 is 0 Å². The van der Waals surface area contributed by atoms with Gasteiger partial charge in [-0.3, -0.25) is 4.98 Å². The number of anilines is 1. The molecule has 4 aromatic rings. The van der Waals surface area contributed by atoms with Crippen molar-refractivity contribution in [1.29, 1.82) is 0 Å². The van der Waals surface area contributed by atoms with Crippen LogP contribution in [0.1, 0.15) is 45.9 Å². The molecule has 3 heterocycles. The van der Waals surface area contributed by atoms with Gasteiger partial charge in [0.1, 0.15) is 0 Å². The van der Waals surface area contributed by atoms with Crippen LogP contribution in [0.5, 0.6) is 0 Å². The summed E-state index contributed by atoms with van der Waals surface area (Å²) in [7, 11) is 0. The molecule has 0 bridgehead atoms. The molecular formula is C28H27ClN4S. The third-order valence-electron chi connectivity index (χ3n) is 6.60. The first-order chi connectivity index (χ1) is 16.3. The van der Waals surface area contributed by atoms with Crippen LogP contribution >= 0.6 is 23.8 Å². The van der Waals surface area contributed by atoms with Crippen molar-refractivity contribution >= 4 is 34.6 Å². The summed E-state index contributed by atoms with van der Waals surface area (Å²) in [6.45, 7) is 8.66. The van der Waals surface area contributed by atoms with E-state index in [9.17, 15) is 0 Å². The van der Waals surface area contributed by atoms with Gasteiger partial charge in [0, 0.05) is 34.0 Å². The van der Waals surface area contributed by atoms with Gasteiger partial charge in [0.05, 0.1) is 17.8 Å². The lowest BCUT2D eigenvalue weighted by Crippen LogP contribution is -2.29. The highest BCUT2D eigenvalue weighted by Crippen LogP contribution is 2.44. The molecule has 0 spiro atoms. The number of hydrogen-bond acceptors (Lipinski definition) is 2. The number of rotatable bonds is 4. The van der Waals surface area contributed by atoms with Gasteiger partial charge in [-0.25, -0.2) is 0 Å². The minimum atomic E-state index is -0.0862. The summed E-state index contributed by atoms with van der Waals surface area (Å²) in [5.41, 5.74) is 9.27. The lowest BCUT2D eigenvalue weighted by molar-refractivity contribution is 0.565. The van der Waals surface area contributed by atoms with Gasteiger partial charge in [-0.15, -0.1) is 0 Å². The topological polar surface area (TPSA) is 33.1 Å². The lowest BCUT2D eigenvalue weighted by atomic mass is 9.96. The number of aryl methyl sites for hydroxylation is 3. The summed E-state index contributed by atoms with van der Waals surface area (Å²) in [6.07, 6.45) is 1.83.